The standard InChI is InChI=1S/C26H34N4O5/c1-17(2)10-12-27-19-14-21-23(29-22(31)16-33-3)24(26(32)35-5)30(25(21)28-15-19)13-11-18-6-8-20(34-4)9-7-18/h6-9,14-15,17,27H,10-13,16H2,1-5H3,(H,29,31). The van der Waals surface area contributed by atoms with Crippen LogP contribution < -0.4 is 15.4 Å². The van der Waals surface area contributed by atoms with E-state index in [1.165, 1.54) is 14.2 Å². The number of fused-ring (bicyclic) bond motifs is 1. The second-order valence-corrected chi connectivity index (χ2v) is 8.65. The first-order valence-corrected chi connectivity index (χ1v) is 11.6. The number of aromatic nitrogens is 2. The smallest absolute Gasteiger partial charge is 0.356 e. The van der Waals surface area contributed by atoms with Gasteiger partial charge < -0.3 is 29.4 Å². The van der Waals surface area contributed by atoms with E-state index in [0.29, 0.717) is 35.6 Å². The summed E-state index contributed by atoms with van der Waals surface area (Å²) in [6.45, 7) is 5.44. The third-order valence-corrected chi connectivity index (χ3v) is 5.65. The number of methoxy groups -OCH3 is 3. The van der Waals surface area contributed by atoms with Crippen LogP contribution in [0.15, 0.2) is 36.5 Å². The second kappa shape index (κ2) is 12.2. The van der Waals surface area contributed by atoms with Crippen LogP contribution in [-0.2, 0) is 27.2 Å². The zero-order chi connectivity index (χ0) is 25.4. The molecule has 9 nitrogen and oxygen atoms in total. The molecule has 0 aliphatic rings. The van der Waals surface area contributed by atoms with Crippen molar-refractivity contribution in [3.63, 3.8) is 0 Å². The van der Waals surface area contributed by atoms with Crippen LogP contribution in [0.2, 0.25) is 0 Å². The molecule has 1 amide bonds. The van der Waals surface area contributed by atoms with Crippen LogP contribution in [0.5, 0.6) is 5.75 Å². The average molecular weight is 483 g/mol. The van der Waals surface area contributed by atoms with E-state index in [9.17, 15) is 9.59 Å². The summed E-state index contributed by atoms with van der Waals surface area (Å²) < 4.78 is 17.1. The summed E-state index contributed by atoms with van der Waals surface area (Å²) in [6, 6.07) is 9.66. The van der Waals surface area contributed by atoms with Crippen LogP contribution in [0, 0.1) is 5.92 Å². The molecular formula is C26H34N4O5. The van der Waals surface area contributed by atoms with Crippen molar-refractivity contribution < 1.29 is 23.8 Å². The molecule has 3 aromatic rings. The van der Waals surface area contributed by atoms with Gasteiger partial charge in [-0.05, 0) is 42.5 Å². The zero-order valence-corrected chi connectivity index (χ0v) is 21.0. The number of ether oxygens (including phenoxy) is 3. The van der Waals surface area contributed by atoms with Crippen molar-refractivity contribution in [1.82, 2.24) is 9.55 Å². The molecule has 0 aliphatic heterocycles. The highest BCUT2D eigenvalue weighted by atomic mass is 16.5. The minimum Gasteiger partial charge on any atom is -0.497 e. The molecule has 1 aromatic carbocycles. The number of carbonyl (C=O) groups excluding carboxylic acids is 2. The van der Waals surface area contributed by atoms with Crippen LogP contribution in [0.4, 0.5) is 11.4 Å². The third-order valence-electron chi connectivity index (χ3n) is 5.65. The van der Waals surface area contributed by atoms with Gasteiger partial charge in [-0.15, -0.1) is 0 Å². The highest BCUT2D eigenvalue weighted by molar-refractivity contribution is 6.11. The van der Waals surface area contributed by atoms with Crippen LogP contribution in [0.25, 0.3) is 11.0 Å². The van der Waals surface area contributed by atoms with Gasteiger partial charge in [0.15, 0.2) is 5.69 Å². The van der Waals surface area contributed by atoms with Gasteiger partial charge in [0.2, 0.25) is 5.91 Å². The summed E-state index contributed by atoms with van der Waals surface area (Å²) in [7, 11) is 4.39. The molecule has 0 aliphatic carbocycles. The molecule has 2 heterocycles. The number of hydrogen-bond acceptors (Lipinski definition) is 7. The second-order valence-electron chi connectivity index (χ2n) is 8.65. The maximum Gasteiger partial charge on any atom is 0.356 e. The van der Waals surface area contributed by atoms with Crippen LogP contribution in [0.1, 0.15) is 36.3 Å². The lowest BCUT2D eigenvalue weighted by Gasteiger charge is -2.11. The van der Waals surface area contributed by atoms with E-state index in [1.807, 2.05) is 30.3 Å². The Labute approximate surface area is 205 Å². The first-order chi connectivity index (χ1) is 16.9. The molecule has 0 bridgehead atoms. The summed E-state index contributed by atoms with van der Waals surface area (Å²) >= 11 is 0. The molecular weight excluding hydrogens is 448 g/mol. The number of pyridine rings is 1. The minimum atomic E-state index is -0.556. The van der Waals surface area contributed by atoms with Crippen molar-refractivity contribution in [2.45, 2.75) is 33.2 Å². The summed E-state index contributed by atoms with van der Waals surface area (Å²) in [5.41, 5.74) is 3.07. The lowest BCUT2D eigenvalue weighted by molar-refractivity contribution is -0.119. The Kier molecular flexibility index (Phi) is 9.08. The highest BCUT2D eigenvalue weighted by Crippen LogP contribution is 2.33. The van der Waals surface area contributed by atoms with Gasteiger partial charge in [0, 0.05) is 25.6 Å². The van der Waals surface area contributed by atoms with Crippen molar-refractivity contribution in [2.24, 2.45) is 5.92 Å². The van der Waals surface area contributed by atoms with Gasteiger partial charge in [-0.25, -0.2) is 9.78 Å². The summed E-state index contributed by atoms with van der Waals surface area (Å²) in [5, 5.41) is 6.86. The van der Waals surface area contributed by atoms with Gasteiger partial charge in [0.05, 0.1) is 31.8 Å². The van der Waals surface area contributed by atoms with Crippen molar-refractivity contribution in [1.29, 1.82) is 0 Å². The molecule has 0 unspecified atom stereocenters. The molecule has 0 fully saturated rings. The van der Waals surface area contributed by atoms with Gasteiger partial charge in [-0.1, -0.05) is 26.0 Å². The van der Waals surface area contributed by atoms with Crippen molar-refractivity contribution in [2.75, 3.05) is 45.1 Å². The van der Waals surface area contributed by atoms with E-state index >= 15 is 0 Å². The molecule has 2 N–H and O–H groups in total. The monoisotopic (exact) mass is 482 g/mol. The number of rotatable bonds is 12. The normalized spacial score (nSPS) is 11.0. The molecule has 188 valence electrons. The summed E-state index contributed by atoms with van der Waals surface area (Å²) in [5.74, 6) is 0.413. The average Bonchev–Trinajstić information content (AvgIpc) is 3.14. The van der Waals surface area contributed by atoms with Gasteiger partial charge in [0.25, 0.3) is 0 Å². The Balaban J connectivity index is 2.04. The number of benzene rings is 1. The molecule has 0 atom stereocenters. The minimum absolute atomic E-state index is 0.140. The Hall–Kier alpha value is -3.59. The van der Waals surface area contributed by atoms with Gasteiger partial charge in [0.1, 0.15) is 18.0 Å². The fourth-order valence-corrected chi connectivity index (χ4v) is 3.82. The Morgan fingerprint density at radius 1 is 1.11 bits per heavy atom. The van der Waals surface area contributed by atoms with Gasteiger partial charge >= 0.3 is 5.97 Å². The summed E-state index contributed by atoms with van der Waals surface area (Å²) in [4.78, 5) is 30.0. The number of amides is 1. The van der Waals surface area contributed by atoms with Crippen molar-refractivity contribution in [3.05, 3.63) is 47.8 Å². The zero-order valence-electron chi connectivity index (χ0n) is 21.0. The van der Waals surface area contributed by atoms with Crippen LogP contribution >= 0.6 is 0 Å². The molecule has 2 aromatic heterocycles. The van der Waals surface area contributed by atoms with Crippen LogP contribution in [-0.4, -0.2) is 55.9 Å². The van der Waals surface area contributed by atoms with E-state index in [4.69, 9.17) is 14.2 Å². The van der Waals surface area contributed by atoms with Gasteiger partial charge in [-0.3, -0.25) is 4.79 Å². The summed E-state index contributed by atoms with van der Waals surface area (Å²) in [6.07, 6.45) is 3.39. The number of aryl methyl sites for hydroxylation is 2. The number of esters is 1. The molecule has 0 saturated carbocycles. The first-order valence-electron chi connectivity index (χ1n) is 11.6. The third kappa shape index (κ3) is 6.51. The molecule has 9 heteroatoms. The van der Waals surface area contributed by atoms with Crippen molar-refractivity contribution in [3.8, 4) is 5.75 Å². The predicted molar refractivity (Wildman–Crippen MR) is 136 cm³/mol. The van der Waals surface area contributed by atoms with E-state index in [1.54, 1.807) is 17.9 Å². The maximum absolute atomic E-state index is 12.9. The molecule has 3 rings (SSSR count). The van der Waals surface area contributed by atoms with E-state index < -0.39 is 5.97 Å². The maximum atomic E-state index is 12.9. The Bertz CT molecular complexity index is 1150. The molecule has 0 saturated heterocycles. The lowest BCUT2D eigenvalue weighted by Crippen LogP contribution is -2.20. The molecule has 35 heavy (non-hydrogen) atoms. The number of carbonyl (C=O) groups is 2. The fourth-order valence-electron chi connectivity index (χ4n) is 3.82. The van der Waals surface area contributed by atoms with Crippen molar-refractivity contribution >= 4 is 34.3 Å². The number of nitrogens with one attached hydrogen (secondary N) is 2. The van der Waals surface area contributed by atoms with Gasteiger partial charge in [-0.2, -0.15) is 0 Å². The molecule has 0 radical (unpaired) electrons. The lowest BCUT2D eigenvalue weighted by atomic mass is 10.1. The fraction of sp³-hybridized carbons (Fsp3) is 0.423. The largest absolute Gasteiger partial charge is 0.497 e. The van der Waals surface area contributed by atoms with E-state index in [2.05, 4.69) is 29.5 Å². The number of nitrogens with zero attached hydrogens (tertiary/aromatic N) is 2. The Morgan fingerprint density at radius 3 is 2.49 bits per heavy atom. The predicted octanol–water partition coefficient (Wildman–Crippen LogP) is 4.12. The Morgan fingerprint density at radius 2 is 1.86 bits per heavy atom. The molecule has 0 spiro atoms. The topological polar surface area (TPSA) is 104 Å². The van der Waals surface area contributed by atoms with E-state index in [0.717, 1.165) is 30.0 Å². The SMILES string of the molecule is COCC(=O)Nc1c(C(=O)OC)n(CCc2ccc(OC)cc2)c2ncc(NCCC(C)C)cc12. The number of hydrogen-bond donors (Lipinski definition) is 2. The van der Waals surface area contributed by atoms with Crippen LogP contribution in [0.3, 0.4) is 0 Å². The number of anilines is 2. The quantitative estimate of drug-likeness (QED) is 0.374. The first kappa shape index (κ1) is 26.0. The van der Waals surface area contributed by atoms with E-state index in [-0.39, 0.29) is 18.2 Å². The highest BCUT2D eigenvalue weighted by Gasteiger charge is 2.26.